The average molecular weight is 388 g/mol. The summed E-state index contributed by atoms with van der Waals surface area (Å²) in [6, 6.07) is 9.35. The van der Waals surface area contributed by atoms with Gasteiger partial charge in [0.05, 0.1) is 16.2 Å². The number of non-ortho nitro benzene ring substituents is 1. The molecule has 10 heteroatoms. The highest BCUT2D eigenvalue weighted by Gasteiger charge is 2.30. The van der Waals surface area contributed by atoms with Crippen molar-refractivity contribution >= 4 is 15.7 Å². The van der Waals surface area contributed by atoms with Gasteiger partial charge in [0, 0.05) is 25.7 Å². The Hall–Kier alpha value is -2.46. The summed E-state index contributed by atoms with van der Waals surface area (Å²) < 4.78 is 63.4. The molecule has 0 saturated heterocycles. The standard InChI is InChI=1S/C16H15F3N2O4S/c1-20(10-12-2-6-14(7-3-12)16(17,18)19)26(24,25)11-13-4-8-15(9-5-13)21(22)23/h2-9H,10-11H2,1H3. The lowest BCUT2D eigenvalue weighted by molar-refractivity contribution is -0.384. The van der Waals surface area contributed by atoms with Crippen molar-refractivity contribution in [2.24, 2.45) is 0 Å². The first kappa shape index (κ1) is 19.9. The minimum Gasteiger partial charge on any atom is -0.258 e. The number of hydrogen-bond donors (Lipinski definition) is 0. The number of rotatable bonds is 6. The third kappa shape index (κ3) is 5.02. The van der Waals surface area contributed by atoms with Crippen molar-refractivity contribution in [2.75, 3.05) is 7.05 Å². The lowest BCUT2D eigenvalue weighted by atomic mass is 10.1. The Balaban J connectivity index is 2.07. The molecule has 2 rings (SSSR count). The van der Waals surface area contributed by atoms with Gasteiger partial charge in [-0.3, -0.25) is 10.1 Å². The first-order chi connectivity index (χ1) is 12.0. The minimum atomic E-state index is -4.45. The van der Waals surface area contributed by atoms with Crippen molar-refractivity contribution < 1.29 is 26.5 Å². The predicted octanol–water partition coefficient (Wildman–Crippen LogP) is 3.58. The van der Waals surface area contributed by atoms with Gasteiger partial charge in [0.2, 0.25) is 10.0 Å². The van der Waals surface area contributed by atoms with Gasteiger partial charge in [0.1, 0.15) is 0 Å². The molecule has 0 spiro atoms. The van der Waals surface area contributed by atoms with E-state index >= 15 is 0 Å². The molecule has 0 amide bonds. The molecule has 0 N–H and O–H groups in total. The molecule has 0 aliphatic heterocycles. The Labute approximate surface area is 148 Å². The summed E-state index contributed by atoms with van der Waals surface area (Å²) in [6.45, 7) is -0.0898. The summed E-state index contributed by atoms with van der Waals surface area (Å²) in [5.41, 5.74) is -0.176. The van der Waals surface area contributed by atoms with Gasteiger partial charge < -0.3 is 0 Å². The summed E-state index contributed by atoms with van der Waals surface area (Å²) in [4.78, 5) is 10.0. The maximum Gasteiger partial charge on any atom is 0.416 e. The zero-order valence-electron chi connectivity index (χ0n) is 13.6. The first-order valence-electron chi connectivity index (χ1n) is 7.32. The van der Waals surface area contributed by atoms with E-state index in [0.29, 0.717) is 11.1 Å². The van der Waals surface area contributed by atoms with Crippen LogP contribution in [0.25, 0.3) is 0 Å². The predicted molar refractivity (Wildman–Crippen MR) is 88.6 cm³/mol. The van der Waals surface area contributed by atoms with Gasteiger partial charge >= 0.3 is 6.18 Å². The summed E-state index contributed by atoms with van der Waals surface area (Å²) in [5.74, 6) is -0.373. The molecule has 0 bridgehead atoms. The average Bonchev–Trinajstić information content (AvgIpc) is 2.54. The number of hydrogen-bond acceptors (Lipinski definition) is 4. The Morgan fingerprint density at radius 3 is 1.96 bits per heavy atom. The van der Waals surface area contributed by atoms with E-state index in [1.54, 1.807) is 0 Å². The van der Waals surface area contributed by atoms with Gasteiger partial charge in [-0.15, -0.1) is 0 Å². The summed E-state index contributed by atoms with van der Waals surface area (Å²) >= 11 is 0. The Kier molecular flexibility index (Phi) is 5.67. The number of nitro groups is 1. The van der Waals surface area contributed by atoms with Gasteiger partial charge in [-0.05, 0) is 23.3 Å². The Bertz CT molecular complexity index is 879. The largest absolute Gasteiger partial charge is 0.416 e. The van der Waals surface area contributed by atoms with Crippen LogP contribution in [0.1, 0.15) is 16.7 Å². The fraction of sp³-hybridized carbons (Fsp3) is 0.250. The van der Waals surface area contributed by atoms with Gasteiger partial charge in [-0.1, -0.05) is 24.3 Å². The van der Waals surface area contributed by atoms with E-state index in [9.17, 15) is 31.7 Å². The quantitative estimate of drug-likeness (QED) is 0.560. The number of halogens is 3. The molecule has 2 aromatic rings. The molecule has 0 heterocycles. The molecule has 6 nitrogen and oxygen atoms in total. The monoisotopic (exact) mass is 388 g/mol. The number of nitrogens with zero attached hydrogens (tertiary/aromatic N) is 2. The molecule has 0 aromatic heterocycles. The van der Waals surface area contributed by atoms with Crippen molar-refractivity contribution in [3.63, 3.8) is 0 Å². The first-order valence-corrected chi connectivity index (χ1v) is 8.93. The second-order valence-electron chi connectivity index (χ2n) is 5.63. The number of sulfonamides is 1. The second-order valence-corrected chi connectivity index (χ2v) is 7.71. The summed E-state index contributed by atoms with van der Waals surface area (Å²) in [5, 5.41) is 10.6. The van der Waals surface area contributed by atoms with E-state index in [-0.39, 0.29) is 18.0 Å². The van der Waals surface area contributed by atoms with Crippen LogP contribution in [0, 0.1) is 10.1 Å². The molecule has 0 aliphatic carbocycles. The number of alkyl halides is 3. The Morgan fingerprint density at radius 1 is 1.00 bits per heavy atom. The van der Waals surface area contributed by atoms with E-state index in [2.05, 4.69) is 0 Å². The van der Waals surface area contributed by atoms with Gasteiger partial charge in [0.25, 0.3) is 5.69 Å². The van der Waals surface area contributed by atoms with Crippen LogP contribution in [0.15, 0.2) is 48.5 Å². The molecule has 0 radical (unpaired) electrons. The Morgan fingerprint density at radius 2 is 1.50 bits per heavy atom. The molecule has 2 aromatic carbocycles. The molecule has 26 heavy (non-hydrogen) atoms. The highest BCUT2D eigenvalue weighted by atomic mass is 32.2. The van der Waals surface area contributed by atoms with Crippen LogP contribution in [0.3, 0.4) is 0 Å². The summed E-state index contributed by atoms with van der Waals surface area (Å²) in [7, 11) is -2.42. The second kappa shape index (κ2) is 7.42. The van der Waals surface area contributed by atoms with Crippen molar-refractivity contribution in [3.05, 3.63) is 75.3 Å². The minimum absolute atomic E-state index is 0.0898. The highest BCUT2D eigenvalue weighted by Crippen LogP contribution is 2.29. The SMILES string of the molecule is CN(Cc1ccc(C(F)(F)F)cc1)S(=O)(=O)Cc1ccc([N+](=O)[O-])cc1. The lowest BCUT2D eigenvalue weighted by Gasteiger charge is -2.17. The molecule has 140 valence electrons. The maximum absolute atomic E-state index is 12.5. The zero-order chi connectivity index (χ0) is 19.5. The van der Waals surface area contributed by atoms with Crippen LogP contribution in [-0.2, 0) is 28.5 Å². The van der Waals surface area contributed by atoms with Gasteiger partial charge in [-0.25, -0.2) is 12.7 Å². The molecule has 0 fully saturated rings. The smallest absolute Gasteiger partial charge is 0.258 e. The van der Waals surface area contributed by atoms with E-state index in [0.717, 1.165) is 16.4 Å². The topological polar surface area (TPSA) is 80.5 Å². The van der Waals surface area contributed by atoms with Gasteiger partial charge in [-0.2, -0.15) is 13.2 Å². The lowest BCUT2D eigenvalue weighted by Crippen LogP contribution is -2.27. The zero-order valence-corrected chi connectivity index (χ0v) is 14.4. The maximum atomic E-state index is 12.5. The normalized spacial score (nSPS) is 12.3. The fourth-order valence-corrected chi connectivity index (χ4v) is 3.37. The molecular formula is C16H15F3N2O4S. The van der Waals surface area contributed by atoms with Crippen molar-refractivity contribution in [1.82, 2.24) is 4.31 Å². The van der Waals surface area contributed by atoms with Crippen molar-refractivity contribution in [2.45, 2.75) is 18.5 Å². The van der Waals surface area contributed by atoms with Crippen LogP contribution in [0.2, 0.25) is 0 Å². The molecule has 0 unspecified atom stereocenters. The molecule has 0 aliphatic rings. The van der Waals surface area contributed by atoms with E-state index in [4.69, 9.17) is 0 Å². The van der Waals surface area contributed by atoms with E-state index in [1.165, 1.54) is 43.4 Å². The van der Waals surface area contributed by atoms with Gasteiger partial charge in [0.15, 0.2) is 0 Å². The fourth-order valence-electron chi connectivity index (χ4n) is 2.19. The van der Waals surface area contributed by atoms with Crippen molar-refractivity contribution in [3.8, 4) is 0 Å². The third-order valence-corrected chi connectivity index (χ3v) is 5.43. The van der Waals surface area contributed by atoms with Crippen LogP contribution >= 0.6 is 0 Å². The molecular weight excluding hydrogens is 373 g/mol. The van der Waals surface area contributed by atoms with E-state index < -0.39 is 26.7 Å². The number of benzene rings is 2. The van der Waals surface area contributed by atoms with Crippen molar-refractivity contribution in [1.29, 1.82) is 0 Å². The molecule has 0 atom stereocenters. The summed E-state index contributed by atoms with van der Waals surface area (Å²) in [6.07, 6.45) is -4.45. The third-order valence-electron chi connectivity index (χ3n) is 3.66. The van der Waals surface area contributed by atoms with Crippen LogP contribution in [-0.4, -0.2) is 24.7 Å². The van der Waals surface area contributed by atoms with Crippen LogP contribution in [0.4, 0.5) is 18.9 Å². The van der Waals surface area contributed by atoms with Crippen LogP contribution in [0.5, 0.6) is 0 Å². The highest BCUT2D eigenvalue weighted by molar-refractivity contribution is 7.88. The number of nitro benzene ring substituents is 1. The van der Waals surface area contributed by atoms with E-state index in [1.807, 2.05) is 0 Å². The van der Waals surface area contributed by atoms with Crippen LogP contribution < -0.4 is 0 Å². The molecule has 0 saturated carbocycles.